The Bertz CT molecular complexity index is 705. The molecule has 0 spiro atoms. The smallest absolute Gasteiger partial charge is 0.289 e. The van der Waals surface area contributed by atoms with Crippen molar-refractivity contribution in [3.05, 3.63) is 33.9 Å². The summed E-state index contributed by atoms with van der Waals surface area (Å²) in [6.45, 7) is 8.12. The Morgan fingerprint density at radius 2 is 1.96 bits per heavy atom. The number of carbonyl (C=O) groups is 1. The number of carbonyl (C=O) groups excluding carboxylic acids is 1. The number of likely N-dealkylation sites (tertiary alicyclic amines) is 1. The largest absolute Gasteiger partial charge is 0.456 e. The van der Waals surface area contributed by atoms with Crippen molar-refractivity contribution in [2.75, 3.05) is 59.5 Å². The van der Waals surface area contributed by atoms with Crippen molar-refractivity contribution in [2.24, 2.45) is 11.8 Å². The van der Waals surface area contributed by atoms with Crippen LogP contribution in [-0.2, 0) is 0 Å². The molecule has 2 fully saturated rings. The molecule has 0 unspecified atom stereocenters. The van der Waals surface area contributed by atoms with Gasteiger partial charge in [0.05, 0.1) is 0 Å². The number of aliphatic hydroxyl groups excluding tert-OH is 1. The van der Waals surface area contributed by atoms with Crippen molar-refractivity contribution in [3.8, 4) is 0 Å². The number of likely N-dealkylation sites (N-methyl/N-ethyl adjacent to an activating group) is 1. The van der Waals surface area contributed by atoms with Crippen LogP contribution in [0.2, 0.25) is 0 Å². The van der Waals surface area contributed by atoms with E-state index in [1.165, 1.54) is 12.1 Å². The van der Waals surface area contributed by atoms with Gasteiger partial charge in [0.1, 0.15) is 5.76 Å². The second-order valence-corrected chi connectivity index (χ2v) is 8.09. The van der Waals surface area contributed by atoms with E-state index in [9.17, 15) is 14.7 Å². The van der Waals surface area contributed by atoms with E-state index < -0.39 is 0 Å². The molecule has 3 heterocycles. The lowest BCUT2D eigenvalue weighted by Gasteiger charge is -2.39. The zero-order valence-corrected chi connectivity index (χ0v) is 16.4. The minimum Gasteiger partial charge on any atom is -0.456 e. The van der Waals surface area contributed by atoms with E-state index in [0.717, 1.165) is 45.6 Å². The number of amides is 1. The van der Waals surface area contributed by atoms with Crippen LogP contribution < -0.4 is 5.43 Å². The molecule has 2 aliphatic rings. The molecule has 2 saturated heterocycles. The van der Waals surface area contributed by atoms with E-state index in [1.807, 2.05) is 0 Å². The summed E-state index contributed by atoms with van der Waals surface area (Å²) in [6.07, 6.45) is 2.08. The number of rotatable bonds is 4. The number of nitrogens with zero attached hydrogens (tertiary/aromatic N) is 3. The van der Waals surface area contributed by atoms with E-state index in [4.69, 9.17) is 4.42 Å². The van der Waals surface area contributed by atoms with Crippen LogP contribution in [0.1, 0.15) is 29.2 Å². The predicted molar refractivity (Wildman–Crippen MR) is 103 cm³/mol. The molecule has 150 valence electrons. The maximum absolute atomic E-state index is 12.9. The number of hydrogen-bond donors (Lipinski definition) is 1. The highest BCUT2D eigenvalue weighted by Gasteiger charge is 2.32. The molecule has 0 saturated carbocycles. The van der Waals surface area contributed by atoms with Crippen LogP contribution in [0.3, 0.4) is 0 Å². The van der Waals surface area contributed by atoms with Gasteiger partial charge in [0.15, 0.2) is 11.2 Å². The number of aryl methyl sites for hydroxylation is 1. The summed E-state index contributed by atoms with van der Waals surface area (Å²) in [6, 6.07) is 2.64. The monoisotopic (exact) mass is 377 g/mol. The van der Waals surface area contributed by atoms with Gasteiger partial charge in [0, 0.05) is 51.5 Å². The molecule has 0 radical (unpaired) electrons. The number of aliphatic hydroxyl groups is 1. The van der Waals surface area contributed by atoms with Crippen molar-refractivity contribution < 1.29 is 14.3 Å². The van der Waals surface area contributed by atoms with Gasteiger partial charge >= 0.3 is 0 Å². The van der Waals surface area contributed by atoms with E-state index in [-0.39, 0.29) is 29.6 Å². The third-order valence-corrected chi connectivity index (χ3v) is 5.60. The quantitative estimate of drug-likeness (QED) is 0.831. The van der Waals surface area contributed by atoms with Crippen LogP contribution in [0.15, 0.2) is 21.3 Å². The van der Waals surface area contributed by atoms with E-state index >= 15 is 0 Å². The molecule has 0 aromatic carbocycles. The first-order chi connectivity index (χ1) is 12.9. The average molecular weight is 377 g/mol. The van der Waals surface area contributed by atoms with Gasteiger partial charge in [0.2, 0.25) is 0 Å². The molecule has 2 atom stereocenters. The van der Waals surface area contributed by atoms with Crippen molar-refractivity contribution in [1.29, 1.82) is 0 Å². The molecule has 0 aliphatic carbocycles. The molecule has 2 aliphatic heterocycles. The molecule has 1 N–H and O–H groups in total. The van der Waals surface area contributed by atoms with Crippen molar-refractivity contribution in [1.82, 2.24) is 14.7 Å². The summed E-state index contributed by atoms with van der Waals surface area (Å²) in [7, 11) is 2.15. The normalized spacial score (nSPS) is 25.4. The first-order valence-corrected chi connectivity index (χ1v) is 9.87. The summed E-state index contributed by atoms with van der Waals surface area (Å²) < 4.78 is 5.49. The van der Waals surface area contributed by atoms with Crippen LogP contribution in [0.25, 0.3) is 0 Å². The second-order valence-electron chi connectivity index (χ2n) is 8.09. The minimum absolute atomic E-state index is 0.0684. The molecule has 1 aromatic rings. The average Bonchev–Trinajstić information content (AvgIpc) is 2.84. The van der Waals surface area contributed by atoms with Gasteiger partial charge in [-0.25, -0.2) is 0 Å². The molecule has 3 rings (SSSR count). The highest BCUT2D eigenvalue weighted by atomic mass is 16.3. The molecular formula is C20H31N3O4. The van der Waals surface area contributed by atoms with Crippen LogP contribution >= 0.6 is 0 Å². The topological polar surface area (TPSA) is 77.2 Å². The number of hydrogen-bond acceptors (Lipinski definition) is 6. The van der Waals surface area contributed by atoms with Crippen LogP contribution in [0, 0.1) is 18.8 Å². The summed E-state index contributed by atoms with van der Waals surface area (Å²) in [5.41, 5.74) is -0.219. The van der Waals surface area contributed by atoms with Crippen LogP contribution in [-0.4, -0.2) is 85.2 Å². The summed E-state index contributed by atoms with van der Waals surface area (Å²) in [4.78, 5) is 31.2. The Morgan fingerprint density at radius 1 is 1.19 bits per heavy atom. The lowest BCUT2D eigenvalue weighted by molar-refractivity contribution is 0.0425. The molecule has 7 heteroatoms. The van der Waals surface area contributed by atoms with E-state index in [0.29, 0.717) is 24.8 Å². The molecule has 1 amide bonds. The first-order valence-electron chi connectivity index (χ1n) is 9.87. The SMILES string of the molecule is Cc1cc(=O)cc(C(=O)N2C[C@H](CO)C[C@@H](CN3CCCN(C)CC3)C2)o1. The molecular weight excluding hydrogens is 346 g/mol. The van der Waals surface area contributed by atoms with Crippen molar-refractivity contribution >= 4 is 5.91 Å². The molecule has 0 bridgehead atoms. The van der Waals surface area contributed by atoms with Gasteiger partial charge in [-0.15, -0.1) is 0 Å². The van der Waals surface area contributed by atoms with Crippen LogP contribution in [0.4, 0.5) is 0 Å². The Labute approximate surface area is 160 Å². The zero-order chi connectivity index (χ0) is 19.4. The maximum Gasteiger partial charge on any atom is 0.289 e. The fraction of sp³-hybridized carbons (Fsp3) is 0.700. The molecule has 27 heavy (non-hydrogen) atoms. The standard InChI is InChI=1S/C20H31N3O4/c1-15-8-18(25)10-19(27-15)20(26)23-12-16(9-17(13-23)14-24)11-22-5-3-4-21(2)6-7-22/h8,10,16-17,24H,3-7,9,11-14H2,1-2H3/t16-,17+/m0/s1. The van der Waals surface area contributed by atoms with Gasteiger partial charge in [-0.05, 0) is 51.7 Å². The second kappa shape index (κ2) is 8.99. The fourth-order valence-corrected chi connectivity index (χ4v) is 4.26. The highest BCUT2D eigenvalue weighted by molar-refractivity contribution is 5.91. The van der Waals surface area contributed by atoms with E-state index in [2.05, 4.69) is 16.8 Å². The van der Waals surface area contributed by atoms with Gasteiger partial charge in [-0.1, -0.05) is 0 Å². The fourth-order valence-electron chi connectivity index (χ4n) is 4.26. The maximum atomic E-state index is 12.9. The lowest BCUT2D eigenvalue weighted by atomic mass is 9.89. The third-order valence-electron chi connectivity index (χ3n) is 5.60. The van der Waals surface area contributed by atoms with E-state index in [1.54, 1.807) is 11.8 Å². The Balaban J connectivity index is 1.68. The van der Waals surface area contributed by atoms with Crippen molar-refractivity contribution in [2.45, 2.75) is 19.8 Å². The van der Waals surface area contributed by atoms with Crippen LogP contribution in [0.5, 0.6) is 0 Å². The summed E-state index contributed by atoms with van der Waals surface area (Å²) in [5, 5.41) is 9.72. The Hall–Kier alpha value is -1.70. The van der Waals surface area contributed by atoms with Gasteiger partial charge in [-0.2, -0.15) is 0 Å². The number of piperidine rings is 1. The highest BCUT2D eigenvalue weighted by Crippen LogP contribution is 2.24. The molecule has 1 aromatic heterocycles. The lowest BCUT2D eigenvalue weighted by Crippen LogP contribution is -2.48. The van der Waals surface area contributed by atoms with Gasteiger partial charge < -0.3 is 24.2 Å². The van der Waals surface area contributed by atoms with Crippen molar-refractivity contribution in [3.63, 3.8) is 0 Å². The Kier molecular flexibility index (Phi) is 6.68. The van der Waals surface area contributed by atoms with Gasteiger partial charge in [-0.3, -0.25) is 9.59 Å². The predicted octanol–water partition coefficient (Wildman–Crippen LogP) is 0.656. The summed E-state index contributed by atoms with van der Waals surface area (Å²) in [5.74, 6) is 0.661. The first kappa shape index (κ1) is 20.0. The van der Waals surface area contributed by atoms with Gasteiger partial charge in [0.25, 0.3) is 5.91 Å². The minimum atomic E-state index is -0.255. The Morgan fingerprint density at radius 3 is 2.70 bits per heavy atom. The molecule has 7 nitrogen and oxygen atoms in total. The summed E-state index contributed by atoms with van der Waals surface area (Å²) >= 11 is 0. The zero-order valence-electron chi connectivity index (χ0n) is 16.4. The third kappa shape index (κ3) is 5.40.